The van der Waals surface area contributed by atoms with Crippen LogP contribution in [0.2, 0.25) is 5.02 Å². The Morgan fingerprint density at radius 2 is 1.77 bits per heavy atom. The van der Waals surface area contributed by atoms with Gasteiger partial charge in [0.05, 0.1) is 22.9 Å². The molecule has 0 radical (unpaired) electrons. The number of rotatable bonds is 4. The highest BCUT2D eigenvalue weighted by Crippen LogP contribution is 2.40. The monoisotopic (exact) mass is 449 g/mol. The van der Waals surface area contributed by atoms with Gasteiger partial charge in [0.25, 0.3) is 5.91 Å². The van der Waals surface area contributed by atoms with Gasteiger partial charge >= 0.3 is 12.2 Å². The molecule has 1 fully saturated rings. The highest BCUT2D eigenvalue weighted by molar-refractivity contribution is 6.31. The summed E-state index contributed by atoms with van der Waals surface area (Å²) in [5.41, 5.74) is -0.265. The van der Waals surface area contributed by atoms with Crippen LogP contribution in [-0.2, 0) is 11.0 Å². The quantitative estimate of drug-likeness (QED) is 0.647. The van der Waals surface area contributed by atoms with Gasteiger partial charge in [0.1, 0.15) is 0 Å². The first-order valence-corrected chi connectivity index (χ1v) is 10.1. The van der Waals surface area contributed by atoms with Gasteiger partial charge in [0.2, 0.25) is 0 Å². The minimum Gasteiger partial charge on any atom is -0.326 e. The van der Waals surface area contributed by atoms with Crippen molar-refractivity contribution in [3.05, 3.63) is 76.0 Å². The molecule has 1 aliphatic carbocycles. The van der Waals surface area contributed by atoms with Crippen molar-refractivity contribution in [2.45, 2.75) is 38.0 Å². The summed E-state index contributed by atoms with van der Waals surface area (Å²) in [6.45, 7) is 1.63. The van der Waals surface area contributed by atoms with Gasteiger partial charge in [0, 0.05) is 16.8 Å². The SMILES string of the molecule is CC1=C(C(=O)Nc2ccccc2C(F)(F)F)[C@H](c2ccccc2Cl)NC(=O)N1C1CC1. The van der Waals surface area contributed by atoms with Gasteiger partial charge in [-0.3, -0.25) is 9.69 Å². The maximum atomic E-state index is 13.4. The second-order valence-electron chi connectivity index (χ2n) is 7.50. The number of carbonyl (C=O) groups is 2. The van der Waals surface area contributed by atoms with E-state index in [-0.39, 0.29) is 23.3 Å². The largest absolute Gasteiger partial charge is 0.418 e. The lowest BCUT2D eigenvalue weighted by atomic mass is 9.93. The van der Waals surface area contributed by atoms with Crippen LogP contribution in [0.1, 0.15) is 36.9 Å². The number of amides is 3. The number of nitrogens with zero attached hydrogens (tertiary/aromatic N) is 1. The fourth-order valence-corrected chi connectivity index (χ4v) is 4.04. The molecule has 1 saturated carbocycles. The number of anilines is 1. The number of hydrogen-bond donors (Lipinski definition) is 2. The summed E-state index contributed by atoms with van der Waals surface area (Å²) in [5, 5.41) is 5.53. The van der Waals surface area contributed by atoms with Crippen LogP contribution in [0.4, 0.5) is 23.7 Å². The predicted octanol–water partition coefficient (Wildman–Crippen LogP) is 5.50. The Morgan fingerprint density at radius 3 is 2.42 bits per heavy atom. The number of hydrogen-bond acceptors (Lipinski definition) is 2. The number of allylic oxidation sites excluding steroid dienone is 1. The van der Waals surface area contributed by atoms with E-state index in [9.17, 15) is 22.8 Å². The van der Waals surface area contributed by atoms with E-state index in [4.69, 9.17) is 11.6 Å². The summed E-state index contributed by atoms with van der Waals surface area (Å²) in [4.78, 5) is 27.5. The number of halogens is 4. The molecule has 31 heavy (non-hydrogen) atoms. The van der Waals surface area contributed by atoms with Crippen molar-refractivity contribution in [2.75, 3.05) is 5.32 Å². The van der Waals surface area contributed by atoms with Crippen LogP contribution >= 0.6 is 11.6 Å². The van der Waals surface area contributed by atoms with Crippen molar-refractivity contribution in [1.82, 2.24) is 10.2 Å². The average molecular weight is 450 g/mol. The lowest BCUT2D eigenvalue weighted by Crippen LogP contribution is -2.49. The van der Waals surface area contributed by atoms with Crippen LogP contribution in [0.15, 0.2) is 59.8 Å². The van der Waals surface area contributed by atoms with Crippen LogP contribution in [0.5, 0.6) is 0 Å². The maximum Gasteiger partial charge on any atom is 0.418 e. The van der Waals surface area contributed by atoms with Crippen molar-refractivity contribution in [3.8, 4) is 0 Å². The van der Waals surface area contributed by atoms with Crippen molar-refractivity contribution in [2.24, 2.45) is 0 Å². The summed E-state index contributed by atoms with van der Waals surface area (Å²) in [5.74, 6) is -0.732. The molecule has 2 aromatic rings. The van der Waals surface area contributed by atoms with Crippen molar-refractivity contribution >= 4 is 29.2 Å². The minimum atomic E-state index is -4.63. The standard InChI is InChI=1S/C22H19ClF3N3O2/c1-12-18(20(30)27-17-9-5-3-7-15(17)22(24,25)26)19(14-6-2-4-8-16(14)23)28-21(31)29(12)13-10-11-13/h2-9,13,19H,10-11H2,1H3,(H,27,30)(H,28,31)/t19-/m0/s1. The third-order valence-corrected chi connectivity index (χ3v) is 5.72. The molecule has 0 saturated heterocycles. The van der Waals surface area contributed by atoms with Crippen LogP contribution in [0.3, 0.4) is 0 Å². The molecule has 2 aliphatic rings. The van der Waals surface area contributed by atoms with Crippen molar-refractivity contribution < 1.29 is 22.8 Å². The third kappa shape index (κ3) is 4.12. The Kier molecular flexibility index (Phi) is 5.43. The lowest BCUT2D eigenvalue weighted by molar-refractivity contribution is -0.137. The highest BCUT2D eigenvalue weighted by atomic mass is 35.5. The Hall–Kier alpha value is -3.00. The number of alkyl halides is 3. The molecule has 5 nitrogen and oxygen atoms in total. The summed E-state index contributed by atoms with van der Waals surface area (Å²) >= 11 is 6.31. The number of para-hydroxylation sites is 1. The molecule has 2 N–H and O–H groups in total. The van der Waals surface area contributed by atoms with Crippen molar-refractivity contribution in [3.63, 3.8) is 0 Å². The number of benzene rings is 2. The molecule has 162 valence electrons. The molecule has 2 aromatic carbocycles. The van der Waals surface area contributed by atoms with Gasteiger partial charge < -0.3 is 10.6 Å². The Balaban J connectivity index is 1.77. The normalized spacial score (nSPS) is 19.3. The van der Waals surface area contributed by atoms with Gasteiger partial charge in [-0.05, 0) is 43.5 Å². The van der Waals surface area contributed by atoms with E-state index >= 15 is 0 Å². The molecule has 9 heteroatoms. The van der Waals surface area contributed by atoms with E-state index in [1.54, 1.807) is 31.2 Å². The topological polar surface area (TPSA) is 61.4 Å². The van der Waals surface area contributed by atoms with Crippen LogP contribution in [0, 0.1) is 0 Å². The molecule has 3 amide bonds. The molecule has 0 unspecified atom stereocenters. The second kappa shape index (κ2) is 7.92. The third-order valence-electron chi connectivity index (χ3n) is 5.38. The average Bonchev–Trinajstić information content (AvgIpc) is 3.52. The molecular formula is C22H19ClF3N3O2. The fraction of sp³-hybridized carbons (Fsp3) is 0.273. The van der Waals surface area contributed by atoms with Gasteiger partial charge in [-0.1, -0.05) is 41.9 Å². The smallest absolute Gasteiger partial charge is 0.326 e. The van der Waals surface area contributed by atoms with Crippen molar-refractivity contribution in [1.29, 1.82) is 0 Å². The highest BCUT2D eigenvalue weighted by Gasteiger charge is 2.43. The van der Waals surface area contributed by atoms with E-state index in [0.29, 0.717) is 16.3 Å². The molecular weight excluding hydrogens is 431 g/mol. The van der Waals surface area contributed by atoms with E-state index in [1.165, 1.54) is 23.1 Å². The van der Waals surface area contributed by atoms with E-state index in [2.05, 4.69) is 10.6 Å². The Morgan fingerprint density at radius 1 is 1.13 bits per heavy atom. The molecule has 0 spiro atoms. The zero-order valence-corrected chi connectivity index (χ0v) is 17.2. The zero-order chi connectivity index (χ0) is 22.3. The van der Waals surface area contributed by atoms with Gasteiger partial charge in [-0.2, -0.15) is 13.2 Å². The van der Waals surface area contributed by atoms with Gasteiger partial charge in [-0.25, -0.2) is 4.79 Å². The number of nitrogens with one attached hydrogen (secondary N) is 2. The molecule has 1 aliphatic heterocycles. The van der Waals surface area contributed by atoms with E-state index in [1.807, 2.05) is 0 Å². The number of carbonyl (C=O) groups excluding carboxylic acids is 2. The lowest BCUT2D eigenvalue weighted by Gasteiger charge is -2.36. The molecule has 0 aromatic heterocycles. The maximum absolute atomic E-state index is 13.4. The van der Waals surface area contributed by atoms with Gasteiger partial charge in [-0.15, -0.1) is 0 Å². The van der Waals surface area contributed by atoms with E-state index < -0.39 is 23.7 Å². The summed E-state index contributed by atoms with van der Waals surface area (Å²) in [6.07, 6.45) is -3.03. The zero-order valence-electron chi connectivity index (χ0n) is 16.5. The van der Waals surface area contributed by atoms with Crippen LogP contribution in [0.25, 0.3) is 0 Å². The predicted molar refractivity (Wildman–Crippen MR) is 110 cm³/mol. The van der Waals surface area contributed by atoms with Gasteiger partial charge in [0.15, 0.2) is 0 Å². The fourth-order valence-electron chi connectivity index (χ4n) is 3.80. The van der Waals surface area contributed by atoms with Crippen LogP contribution in [-0.4, -0.2) is 22.9 Å². The summed E-state index contributed by atoms with van der Waals surface area (Å²) in [7, 11) is 0. The first kappa shape index (κ1) is 21.2. The van der Waals surface area contributed by atoms with Crippen LogP contribution < -0.4 is 10.6 Å². The second-order valence-corrected chi connectivity index (χ2v) is 7.91. The molecule has 1 heterocycles. The minimum absolute atomic E-state index is 0.0301. The summed E-state index contributed by atoms with van der Waals surface area (Å²) in [6, 6.07) is 10.2. The Labute approximate surface area is 181 Å². The molecule has 1 atom stereocenters. The van der Waals surface area contributed by atoms with E-state index in [0.717, 1.165) is 18.9 Å². The number of urea groups is 1. The molecule has 4 rings (SSSR count). The Bertz CT molecular complexity index is 1080. The first-order chi connectivity index (χ1) is 14.7. The summed E-state index contributed by atoms with van der Waals surface area (Å²) < 4.78 is 40.2. The first-order valence-electron chi connectivity index (χ1n) is 9.71. The molecule has 0 bridgehead atoms.